The van der Waals surface area contributed by atoms with E-state index in [9.17, 15) is 4.79 Å². The van der Waals surface area contributed by atoms with Gasteiger partial charge in [0.05, 0.1) is 5.92 Å². The number of carbonyl (C=O) groups is 1. The predicted octanol–water partition coefficient (Wildman–Crippen LogP) is -0.951. The zero-order valence-corrected chi connectivity index (χ0v) is 6.33. The highest BCUT2D eigenvalue weighted by Crippen LogP contribution is 2.06. The van der Waals surface area contributed by atoms with Crippen LogP contribution >= 0.6 is 0 Å². The first-order chi connectivity index (χ1) is 5.25. The molecule has 1 aromatic rings. The summed E-state index contributed by atoms with van der Waals surface area (Å²) in [5, 5.41) is 15.5. The van der Waals surface area contributed by atoms with E-state index >= 15 is 0 Å². The molecule has 1 amide bonds. The van der Waals surface area contributed by atoms with Crippen LogP contribution in [0.5, 0.6) is 0 Å². The van der Waals surface area contributed by atoms with Crippen LogP contribution in [0.25, 0.3) is 0 Å². The first-order valence-corrected chi connectivity index (χ1v) is 3.20. The molecule has 0 aliphatic rings. The average Bonchev–Trinajstić information content (AvgIpc) is 2.53. The van der Waals surface area contributed by atoms with Crippen LogP contribution < -0.4 is 5.32 Å². The molecule has 0 bridgehead atoms. The number of amides is 1. The van der Waals surface area contributed by atoms with Crippen molar-refractivity contribution in [2.24, 2.45) is 0 Å². The number of aromatic amines is 1. The average molecular weight is 155 g/mol. The Hall–Kier alpha value is -1.46. The highest BCUT2D eigenvalue weighted by atomic mass is 16.1. The molecule has 1 atom stereocenters. The van der Waals surface area contributed by atoms with E-state index < -0.39 is 0 Å². The molecule has 0 aromatic carbocycles. The van der Waals surface area contributed by atoms with Gasteiger partial charge in [-0.15, -0.1) is 10.2 Å². The molecule has 1 unspecified atom stereocenters. The fourth-order valence-corrected chi connectivity index (χ4v) is 0.687. The van der Waals surface area contributed by atoms with Crippen LogP contribution in [0.4, 0.5) is 0 Å². The van der Waals surface area contributed by atoms with Crippen molar-refractivity contribution >= 4 is 5.91 Å². The number of hydrogen-bond acceptors (Lipinski definition) is 4. The number of carbonyl (C=O) groups excluding carboxylic acids is 1. The van der Waals surface area contributed by atoms with Crippen LogP contribution in [0, 0.1) is 0 Å². The van der Waals surface area contributed by atoms with Gasteiger partial charge in [-0.3, -0.25) is 4.79 Å². The summed E-state index contributed by atoms with van der Waals surface area (Å²) in [4.78, 5) is 11.0. The van der Waals surface area contributed by atoms with Crippen LogP contribution in [0.15, 0.2) is 0 Å². The van der Waals surface area contributed by atoms with E-state index in [1.165, 1.54) is 0 Å². The molecular formula is C5H9N5O. The fourth-order valence-electron chi connectivity index (χ4n) is 0.687. The van der Waals surface area contributed by atoms with Crippen molar-refractivity contribution in [2.45, 2.75) is 12.8 Å². The maximum atomic E-state index is 11.0. The van der Waals surface area contributed by atoms with Gasteiger partial charge < -0.3 is 5.32 Å². The van der Waals surface area contributed by atoms with Gasteiger partial charge in [-0.1, -0.05) is 5.21 Å². The third-order valence-corrected chi connectivity index (χ3v) is 1.39. The molecular weight excluding hydrogens is 146 g/mol. The van der Waals surface area contributed by atoms with Gasteiger partial charge in [-0.2, -0.15) is 5.21 Å². The minimum absolute atomic E-state index is 0.119. The third kappa shape index (κ3) is 1.51. The lowest BCUT2D eigenvalue weighted by Crippen LogP contribution is -2.24. The van der Waals surface area contributed by atoms with Gasteiger partial charge in [0.25, 0.3) is 0 Å². The quantitative estimate of drug-likeness (QED) is 0.576. The molecule has 0 aliphatic carbocycles. The molecule has 11 heavy (non-hydrogen) atoms. The predicted molar refractivity (Wildman–Crippen MR) is 36.7 cm³/mol. The lowest BCUT2D eigenvalue weighted by atomic mass is 10.1. The van der Waals surface area contributed by atoms with E-state index in [0.717, 1.165) is 0 Å². The summed E-state index contributed by atoms with van der Waals surface area (Å²) in [5.41, 5.74) is 0. The lowest BCUT2D eigenvalue weighted by Gasteiger charge is -2.02. The Labute approximate surface area is 63.4 Å². The van der Waals surface area contributed by atoms with Crippen molar-refractivity contribution in [1.29, 1.82) is 0 Å². The molecule has 60 valence electrons. The van der Waals surface area contributed by atoms with Gasteiger partial charge in [0, 0.05) is 7.05 Å². The van der Waals surface area contributed by atoms with Gasteiger partial charge in [0.2, 0.25) is 5.91 Å². The number of aromatic nitrogens is 4. The lowest BCUT2D eigenvalue weighted by molar-refractivity contribution is -0.121. The molecule has 0 aliphatic heterocycles. The van der Waals surface area contributed by atoms with Gasteiger partial charge in [-0.05, 0) is 6.92 Å². The van der Waals surface area contributed by atoms with Crippen LogP contribution in [0.2, 0.25) is 0 Å². The van der Waals surface area contributed by atoms with Crippen LogP contribution in [0.3, 0.4) is 0 Å². The van der Waals surface area contributed by atoms with Crippen LogP contribution in [-0.4, -0.2) is 33.6 Å². The van der Waals surface area contributed by atoms with Crippen LogP contribution in [0.1, 0.15) is 18.7 Å². The zero-order chi connectivity index (χ0) is 8.27. The van der Waals surface area contributed by atoms with Crippen molar-refractivity contribution < 1.29 is 4.79 Å². The Morgan fingerprint density at radius 2 is 2.45 bits per heavy atom. The van der Waals surface area contributed by atoms with Gasteiger partial charge in [0.1, 0.15) is 0 Å². The van der Waals surface area contributed by atoms with Crippen molar-refractivity contribution in [3.05, 3.63) is 5.82 Å². The molecule has 6 heteroatoms. The van der Waals surface area contributed by atoms with Crippen LogP contribution in [-0.2, 0) is 4.79 Å². The van der Waals surface area contributed by atoms with E-state index in [1.807, 2.05) is 0 Å². The molecule has 1 aromatic heterocycles. The monoisotopic (exact) mass is 155 g/mol. The normalized spacial score (nSPS) is 12.5. The summed E-state index contributed by atoms with van der Waals surface area (Å²) < 4.78 is 0. The van der Waals surface area contributed by atoms with E-state index in [4.69, 9.17) is 0 Å². The van der Waals surface area contributed by atoms with Crippen molar-refractivity contribution in [2.75, 3.05) is 7.05 Å². The number of likely N-dealkylation sites (N-methyl/N-ethyl adjacent to an activating group) is 1. The molecule has 2 N–H and O–H groups in total. The largest absolute Gasteiger partial charge is 0.359 e. The number of nitrogens with one attached hydrogen (secondary N) is 2. The Bertz CT molecular complexity index is 231. The van der Waals surface area contributed by atoms with Crippen molar-refractivity contribution in [3.63, 3.8) is 0 Å². The molecule has 6 nitrogen and oxygen atoms in total. The van der Waals surface area contributed by atoms with E-state index in [1.54, 1.807) is 14.0 Å². The Morgan fingerprint density at radius 1 is 1.73 bits per heavy atom. The van der Waals surface area contributed by atoms with Gasteiger partial charge in [0.15, 0.2) is 5.82 Å². The molecule has 0 radical (unpaired) electrons. The fraction of sp³-hybridized carbons (Fsp3) is 0.600. The van der Waals surface area contributed by atoms with E-state index in [0.29, 0.717) is 5.82 Å². The highest BCUT2D eigenvalue weighted by Gasteiger charge is 2.17. The SMILES string of the molecule is CNC(=O)C(C)c1nn[nH]n1. The molecule has 0 fully saturated rings. The highest BCUT2D eigenvalue weighted by molar-refractivity contribution is 5.81. The number of tetrazole rings is 1. The maximum Gasteiger partial charge on any atom is 0.230 e. The third-order valence-electron chi connectivity index (χ3n) is 1.39. The zero-order valence-electron chi connectivity index (χ0n) is 6.33. The summed E-state index contributed by atoms with van der Waals surface area (Å²) in [5.74, 6) is -0.0606. The summed E-state index contributed by atoms with van der Waals surface area (Å²) >= 11 is 0. The standard InChI is InChI=1S/C5H9N5O/c1-3(5(11)6-2)4-7-9-10-8-4/h3H,1-2H3,(H,6,11)(H,7,8,9,10). The van der Waals surface area contributed by atoms with E-state index in [2.05, 4.69) is 25.9 Å². The molecule has 1 heterocycles. The first kappa shape index (κ1) is 7.64. The topological polar surface area (TPSA) is 83.6 Å². The van der Waals surface area contributed by atoms with E-state index in [-0.39, 0.29) is 11.8 Å². The van der Waals surface area contributed by atoms with Crippen molar-refractivity contribution in [1.82, 2.24) is 25.9 Å². The number of rotatable bonds is 2. The molecule has 0 spiro atoms. The summed E-state index contributed by atoms with van der Waals surface area (Å²) in [6, 6.07) is 0. The second kappa shape index (κ2) is 3.09. The van der Waals surface area contributed by atoms with Gasteiger partial charge in [-0.25, -0.2) is 0 Å². The first-order valence-electron chi connectivity index (χ1n) is 3.20. The Kier molecular flexibility index (Phi) is 2.15. The van der Waals surface area contributed by atoms with Gasteiger partial charge >= 0.3 is 0 Å². The molecule has 0 saturated heterocycles. The summed E-state index contributed by atoms with van der Waals surface area (Å²) in [6.45, 7) is 1.71. The number of H-pyrrole nitrogens is 1. The smallest absolute Gasteiger partial charge is 0.230 e. The molecule has 0 saturated carbocycles. The Balaban J connectivity index is 2.70. The maximum absolute atomic E-state index is 11.0. The number of nitrogens with zero attached hydrogens (tertiary/aromatic N) is 3. The minimum Gasteiger partial charge on any atom is -0.359 e. The van der Waals surface area contributed by atoms with Crippen molar-refractivity contribution in [3.8, 4) is 0 Å². The molecule has 1 rings (SSSR count). The summed E-state index contributed by atoms with van der Waals surface area (Å²) in [7, 11) is 1.57. The number of hydrogen-bond donors (Lipinski definition) is 2. The Morgan fingerprint density at radius 3 is 2.91 bits per heavy atom. The second-order valence-electron chi connectivity index (χ2n) is 2.11. The summed E-state index contributed by atoms with van der Waals surface area (Å²) in [6.07, 6.45) is 0. The minimum atomic E-state index is -0.348. The second-order valence-corrected chi connectivity index (χ2v) is 2.11.